The van der Waals surface area contributed by atoms with Gasteiger partial charge in [-0.25, -0.2) is 0 Å². The second-order valence-corrected chi connectivity index (χ2v) is 4.28. The van der Waals surface area contributed by atoms with Gasteiger partial charge < -0.3 is 4.74 Å². The van der Waals surface area contributed by atoms with Crippen LogP contribution in [0, 0.1) is 5.92 Å². The number of Topliss-reactive ketones (excluding diaryl/α,β-unsaturated/α-hetero) is 1. The quantitative estimate of drug-likeness (QED) is 0.656. The highest BCUT2D eigenvalue weighted by molar-refractivity contribution is 5.78. The fourth-order valence-electron chi connectivity index (χ4n) is 2.16. The molecule has 0 aliphatic carbocycles. The molecule has 0 saturated carbocycles. The standard InChI is InChI=1S/C12H22O2/c1-3-11(10(2)13)6-4-7-12-8-5-9-14-12/h11-12H,3-9H2,1-2H3. The molecule has 0 bridgehead atoms. The molecule has 2 heteroatoms. The van der Waals surface area contributed by atoms with Gasteiger partial charge >= 0.3 is 0 Å². The minimum atomic E-state index is 0.288. The van der Waals surface area contributed by atoms with E-state index in [0.29, 0.717) is 11.9 Å². The van der Waals surface area contributed by atoms with E-state index in [9.17, 15) is 4.79 Å². The molecule has 1 aliphatic heterocycles. The van der Waals surface area contributed by atoms with Crippen LogP contribution in [0.15, 0.2) is 0 Å². The van der Waals surface area contributed by atoms with E-state index < -0.39 is 0 Å². The van der Waals surface area contributed by atoms with Gasteiger partial charge in [-0.15, -0.1) is 0 Å². The summed E-state index contributed by atoms with van der Waals surface area (Å²) >= 11 is 0. The van der Waals surface area contributed by atoms with Crippen LogP contribution in [0.25, 0.3) is 0 Å². The number of hydrogen-bond donors (Lipinski definition) is 0. The predicted molar refractivity (Wildman–Crippen MR) is 57.3 cm³/mol. The number of ketones is 1. The van der Waals surface area contributed by atoms with Gasteiger partial charge in [0.25, 0.3) is 0 Å². The van der Waals surface area contributed by atoms with Crippen LogP contribution < -0.4 is 0 Å². The highest BCUT2D eigenvalue weighted by atomic mass is 16.5. The van der Waals surface area contributed by atoms with Crippen LogP contribution in [0.5, 0.6) is 0 Å². The van der Waals surface area contributed by atoms with Gasteiger partial charge in [-0.3, -0.25) is 4.79 Å². The predicted octanol–water partition coefficient (Wildman–Crippen LogP) is 2.95. The normalized spacial score (nSPS) is 23.7. The summed E-state index contributed by atoms with van der Waals surface area (Å²) < 4.78 is 5.54. The fourth-order valence-corrected chi connectivity index (χ4v) is 2.16. The van der Waals surface area contributed by atoms with Crippen molar-refractivity contribution in [1.29, 1.82) is 0 Å². The van der Waals surface area contributed by atoms with E-state index >= 15 is 0 Å². The molecule has 1 saturated heterocycles. The molecule has 0 N–H and O–H groups in total. The Balaban J connectivity index is 2.09. The van der Waals surface area contributed by atoms with Crippen molar-refractivity contribution < 1.29 is 9.53 Å². The number of carbonyl (C=O) groups excluding carboxylic acids is 1. The molecule has 2 unspecified atom stereocenters. The van der Waals surface area contributed by atoms with E-state index in [1.807, 2.05) is 0 Å². The number of carbonyl (C=O) groups is 1. The molecule has 2 atom stereocenters. The van der Waals surface area contributed by atoms with Crippen LogP contribution in [0.3, 0.4) is 0 Å². The van der Waals surface area contributed by atoms with Gasteiger partial charge in [-0.2, -0.15) is 0 Å². The first-order valence-corrected chi connectivity index (χ1v) is 5.86. The third-order valence-electron chi connectivity index (χ3n) is 3.17. The van der Waals surface area contributed by atoms with E-state index in [-0.39, 0.29) is 5.92 Å². The molecule has 0 radical (unpaired) electrons. The molecule has 1 heterocycles. The lowest BCUT2D eigenvalue weighted by Gasteiger charge is -2.13. The van der Waals surface area contributed by atoms with E-state index in [0.717, 1.165) is 32.3 Å². The molecule has 2 nitrogen and oxygen atoms in total. The van der Waals surface area contributed by atoms with Crippen LogP contribution in [-0.2, 0) is 9.53 Å². The van der Waals surface area contributed by atoms with Crippen LogP contribution in [-0.4, -0.2) is 18.5 Å². The number of ether oxygens (including phenoxy) is 1. The maximum atomic E-state index is 11.2. The Morgan fingerprint density at radius 2 is 2.36 bits per heavy atom. The Bertz CT molecular complexity index is 171. The lowest BCUT2D eigenvalue weighted by molar-refractivity contribution is -0.121. The maximum absolute atomic E-state index is 11.2. The highest BCUT2D eigenvalue weighted by Crippen LogP contribution is 2.20. The van der Waals surface area contributed by atoms with Crippen LogP contribution >= 0.6 is 0 Å². The lowest BCUT2D eigenvalue weighted by Crippen LogP contribution is -2.11. The molecule has 0 aromatic carbocycles. The van der Waals surface area contributed by atoms with Gasteiger partial charge in [-0.05, 0) is 39.0 Å². The van der Waals surface area contributed by atoms with Crippen molar-refractivity contribution in [2.24, 2.45) is 5.92 Å². The zero-order valence-electron chi connectivity index (χ0n) is 9.42. The van der Waals surface area contributed by atoms with Gasteiger partial charge in [0.15, 0.2) is 0 Å². The molecule has 0 aromatic rings. The monoisotopic (exact) mass is 198 g/mol. The fraction of sp³-hybridized carbons (Fsp3) is 0.917. The van der Waals surface area contributed by atoms with Gasteiger partial charge in [0, 0.05) is 12.5 Å². The summed E-state index contributed by atoms with van der Waals surface area (Å²) in [6, 6.07) is 0. The summed E-state index contributed by atoms with van der Waals surface area (Å²) in [4.78, 5) is 11.2. The van der Waals surface area contributed by atoms with Crippen molar-refractivity contribution in [3.8, 4) is 0 Å². The molecule has 82 valence electrons. The Morgan fingerprint density at radius 3 is 2.86 bits per heavy atom. The second kappa shape index (κ2) is 6.18. The third kappa shape index (κ3) is 3.79. The molecule has 0 amide bonds. The summed E-state index contributed by atoms with van der Waals surface area (Å²) in [5, 5.41) is 0. The Kier molecular flexibility index (Phi) is 5.16. The molecular weight excluding hydrogens is 176 g/mol. The minimum Gasteiger partial charge on any atom is -0.378 e. The Morgan fingerprint density at radius 1 is 1.57 bits per heavy atom. The summed E-state index contributed by atoms with van der Waals surface area (Å²) in [6.45, 7) is 4.74. The van der Waals surface area contributed by atoms with E-state index in [4.69, 9.17) is 4.74 Å². The van der Waals surface area contributed by atoms with Gasteiger partial charge in [0.2, 0.25) is 0 Å². The highest BCUT2D eigenvalue weighted by Gasteiger charge is 2.17. The SMILES string of the molecule is CCC(CCCC1CCCO1)C(C)=O. The van der Waals surface area contributed by atoms with Gasteiger partial charge in [0.1, 0.15) is 5.78 Å². The molecule has 1 fully saturated rings. The average molecular weight is 198 g/mol. The molecule has 1 rings (SSSR count). The van der Waals surface area contributed by atoms with Crippen molar-refractivity contribution in [3.63, 3.8) is 0 Å². The molecule has 0 aromatic heterocycles. The van der Waals surface area contributed by atoms with Crippen molar-refractivity contribution in [2.75, 3.05) is 6.61 Å². The van der Waals surface area contributed by atoms with Crippen LogP contribution in [0.1, 0.15) is 52.4 Å². The average Bonchev–Trinajstić information content (AvgIpc) is 2.64. The largest absolute Gasteiger partial charge is 0.378 e. The van der Waals surface area contributed by atoms with Crippen LogP contribution in [0.2, 0.25) is 0 Å². The topological polar surface area (TPSA) is 26.3 Å². The summed E-state index contributed by atoms with van der Waals surface area (Å²) in [7, 11) is 0. The smallest absolute Gasteiger partial charge is 0.132 e. The summed E-state index contributed by atoms with van der Waals surface area (Å²) in [5.41, 5.74) is 0. The first kappa shape index (κ1) is 11.7. The van der Waals surface area contributed by atoms with E-state index in [1.54, 1.807) is 6.92 Å². The first-order valence-electron chi connectivity index (χ1n) is 5.86. The lowest BCUT2D eigenvalue weighted by atomic mass is 9.94. The third-order valence-corrected chi connectivity index (χ3v) is 3.17. The minimum absolute atomic E-state index is 0.288. The van der Waals surface area contributed by atoms with Crippen molar-refractivity contribution in [1.82, 2.24) is 0 Å². The van der Waals surface area contributed by atoms with Crippen molar-refractivity contribution >= 4 is 5.78 Å². The maximum Gasteiger partial charge on any atom is 0.132 e. The van der Waals surface area contributed by atoms with E-state index in [2.05, 4.69) is 6.92 Å². The summed E-state index contributed by atoms with van der Waals surface area (Å²) in [5.74, 6) is 0.635. The molecular formula is C12H22O2. The second-order valence-electron chi connectivity index (χ2n) is 4.28. The summed E-state index contributed by atoms with van der Waals surface area (Å²) in [6.07, 6.45) is 7.24. The van der Waals surface area contributed by atoms with Crippen molar-refractivity contribution in [2.45, 2.75) is 58.5 Å². The molecule has 0 spiro atoms. The van der Waals surface area contributed by atoms with E-state index in [1.165, 1.54) is 12.8 Å². The Hall–Kier alpha value is -0.370. The van der Waals surface area contributed by atoms with Crippen molar-refractivity contribution in [3.05, 3.63) is 0 Å². The van der Waals surface area contributed by atoms with Crippen LogP contribution in [0.4, 0.5) is 0 Å². The zero-order valence-corrected chi connectivity index (χ0v) is 9.42. The van der Waals surface area contributed by atoms with Gasteiger partial charge in [-0.1, -0.05) is 13.3 Å². The molecule has 14 heavy (non-hydrogen) atoms. The molecule has 1 aliphatic rings. The Labute approximate surface area is 87.0 Å². The number of hydrogen-bond acceptors (Lipinski definition) is 2. The zero-order chi connectivity index (χ0) is 10.4. The van der Waals surface area contributed by atoms with Gasteiger partial charge in [0.05, 0.1) is 6.10 Å². The first-order chi connectivity index (χ1) is 6.74. The number of rotatable bonds is 6.